The molecule has 0 saturated carbocycles. The topological polar surface area (TPSA) is 35.5 Å². The van der Waals surface area contributed by atoms with Crippen molar-refractivity contribution in [3.8, 4) is 5.75 Å². The molecule has 0 aromatic heterocycles. The second kappa shape index (κ2) is 4.61. The quantitative estimate of drug-likeness (QED) is 0.568. The fourth-order valence-electron chi connectivity index (χ4n) is 0.891. The van der Waals surface area contributed by atoms with E-state index in [0.29, 0.717) is 6.07 Å². The Morgan fingerprint density at radius 2 is 2.00 bits per heavy atom. The van der Waals surface area contributed by atoms with Gasteiger partial charge in [-0.1, -0.05) is 11.6 Å². The first-order chi connectivity index (χ1) is 7.34. The van der Waals surface area contributed by atoms with Gasteiger partial charge < -0.3 is 9.47 Å². The molecule has 0 unspecified atom stereocenters. The molecule has 1 aromatic carbocycles. The van der Waals surface area contributed by atoms with E-state index in [-0.39, 0.29) is 10.8 Å². The van der Waals surface area contributed by atoms with Crippen molar-refractivity contribution in [3.63, 3.8) is 0 Å². The van der Waals surface area contributed by atoms with Crippen molar-refractivity contribution in [2.45, 2.75) is 6.18 Å². The van der Waals surface area contributed by atoms with Crippen LogP contribution in [0.1, 0.15) is 5.56 Å². The summed E-state index contributed by atoms with van der Waals surface area (Å²) in [6, 6.07) is 2.37. The minimum atomic E-state index is -4.49. The summed E-state index contributed by atoms with van der Waals surface area (Å²) >= 11 is 5.50. The lowest BCUT2D eigenvalue weighted by Crippen LogP contribution is -2.09. The van der Waals surface area contributed by atoms with Crippen LogP contribution in [0.3, 0.4) is 0 Å². The molecule has 0 aliphatic rings. The van der Waals surface area contributed by atoms with Gasteiger partial charge in [0.1, 0.15) is 0 Å². The molecule has 88 valence electrons. The summed E-state index contributed by atoms with van der Waals surface area (Å²) < 4.78 is 45.4. The average molecular weight is 255 g/mol. The number of carbonyl (C=O) groups is 1. The van der Waals surface area contributed by atoms with Crippen molar-refractivity contribution < 1.29 is 27.4 Å². The van der Waals surface area contributed by atoms with Crippen molar-refractivity contribution >= 4 is 17.8 Å². The monoisotopic (exact) mass is 254 g/mol. The zero-order chi connectivity index (χ0) is 12.3. The summed E-state index contributed by atoms with van der Waals surface area (Å²) in [5, 5.41) is -0.319. The van der Waals surface area contributed by atoms with Crippen LogP contribution in [0, 0.1) is 0 Å². The molecule has 0 amide bonds. The Hall–Kier alpha value is -1.43. The Morgan fingerprint density at radius 1 is 1.38 bits per heavy atom. The summed E-state index contributed by atoms with van der Waals surface area (Å²) in [6.07, 6.45) is -5.55. The number of ether oxygens (including phenoxy) is 2. The lowest BCUT2D eigenvalue weighted by Gasteiger charge is -2.09. The van der Waals surface area contributed by atoms with E-state index in [9.17, 15) is 18.0 Å². The summed E-state index contributed by atoms with van der Waals surface area (Å²) in [5.74, 6) is -0.193. The van der Waals surface area contributed by atoms with Gasteiger partial charge in [0.15, 0.2) is 5.75 Å². The molecule has 7 heteroatoms. The third kappa shape index (κ3) is 3.03. The maximum atomic E-state index is 12.2. The van der Waals surface area contributed by atoms with Gasteiger partial charge in [-0.15, -0.1) is 0 Å². The molecule has 16 heavy (non-hydrogen) atoms. The number of benzene rings is 1. The molecule has 0 fully saturated rings. The highest BCUT2D eigenvalue weighted by atomic mass is 35.5. The molecular formula is C9H6ClF3O3. The minimum Gasteiger partial charge on any atom is -0.437 e. The number of alkyl halides is 3. The van der Waals surface area contributed by atoms with Crippen molar-refractivity contribution in [2.75, 3.05) is 7.11 Å². The lowest BCUT2D eigenvalue weighted by atomic mass is 10.2. The van der Waals surface area contributed by atoms with Crippen molar-refractivity contribution in [2.24, 2.45) is 0 Å². The molecule has 1 aromatic rings. The molecular weight excluding hydrogens is 249 g/mol. The molecule has 0 radical (unpaired) electrons. The summed E-state index contributed by atoms with van der Waals surface area (Å²) in [4.78, 5) is 10.7. The maximum absolute atomic E-state index is 12.2. The fourth-order valence-corrected chi connectivity index (χ4v) is 1.11. The number of methoxy groups -OCH3 is 1. The van der Waals surface area contributed by atoms with E-state index in [1.165, 1.54) is 0 Å². The van der Waals surface area contributed by atoms with E-state index in [1.807, 2.05) is 0 Å². The highest BCUT2D eigenvalue weighted by Crippen LogP contribution is 2.34. The van der Waals surface area contributed by atoms with E-state index in [4.69, 9.17) is 11.6 Å². The standard InChI is InChI=1S/C9H6ClF3O3/c1-15-8(14)16-7-3-2-5(4-6(7)10)9(11,12)13/h2-4H,1H3. The molecule has 0 spiro atoms. The van der Waals surface area contributed by atoms with Crippen molar-refractivity contribution in [3.05, 3.63) is 28.8 Å². The summed E-state index contributed by atoms with van der Waals surface area (Å²) in [6.45, 7) is 0. The first-order valence-electron chi connectivity index (χ1n) is 3.97. The van der Waals surface area contributed by atoms with Gasteiger partial charge in [-0.3, -0.25) is 0 Å². The van der Waals surface area contributed by atoms with Crippen molar-refractivity contribution in [1.82, 2.24) is 0 Å². The predicted octanol–water partition coefficient (Wildman–Crippen LogP) is 3.50. The molecule has 3 nitrogen and oxygen atoms in total. The first-order valence-corrected chi connectivity index (χ1v) is 4.35. The summed E-state index contributed by atoms with van der Waals surface area (Å²) in [7, 11) is 1.07. The highest BCUT2D eigenvalue weighted by Gasteiger charge is 2.31. The van der Waals surface area contributed by atoms with Crippen LogP contribution in [0.25, 0.3) is 0 Å². The molecule has 0 heterocycles. The number of carbonyl (C=O) groups excluding carboxylic acids is 1. The molecule has 0 bridgehead atoms. The Morgan fingerprint density at radius 3 is 2.44 bits per heavy atom. The van der Waals surface area contributed by atoms with E-state index < -0.39 is 17.9 Å². The number of rotatable bonds is 1. The average Bonchev–Trinajstić information content (AvgIpc) is 2.19. The fraction of sp³-hybridized carbons (Fsp3) is 0.222. The van der Waals surface area contributed by atoms with Gasteiger partial charge >= 0.3 is 12.3 Å². The van der Waals surface area contributed by atoms with Gasteiger partial charge in [0.05, 0.1) is 17.7 Å². The number of hydrogen-bond donors (Lipinski definition) is 0. The zero-order valence-corrected chi connectivity index (χ0v) is 8.72. The van der Waals surface area contributed by atoms with Gasteiger partial charge in [-0.25, -0.2) is 4.79 Å². The van der Waals surface area contributed by atoms with Crippen LogP contribution in [0.4, 0.5) is 18.0 Å². The smallest absolute Gasteiger partial charge is 0.437 e. The molecule has 0 N–H and O–H groups in total. The van der Waals surface area contributed by atoms with Crippen LogP contribution in [0.5, 0.6) is 5.75 Å². The van der Waals surface area contributed by atoms with E-state index in [0.717, 1.165) is 19.2 Å². The van der Waals surface area contributed by atoms with Crippen LogP contribution in [-0.4, -0.2) is 13.3 Å². The molecule has 0 aliphatic carbocycles. The molecule has 0 saturated heterocycles. The lowest BCUT2D eigenvalue weighted by molar-refractivity contribution is -0.137. The molecule has 1 rings (SSSR count). The van der Waals surface area contributed by atoms with Crippen LogP contribution < -0.4 is 4.74 Å². The van der Waals surface area contributed by atoms with E-state index >= 15 is 0 Å². The number of halogens is 4. The van der Waals surface area contributed by atoms with Crippen molar-refractivity contribution in [1.29, 1.82) is 0 Å². The van der Waals surface area contributed by atoms with E-state index in [2.05, 4.69) is 9.47 Å². The first kappa shape index (κ1) is 12.6. The van der Waals surface area contributed by atoms with Gasteiger partial charge in [-0.05, 0) is 18.2 Å². The second-order valence-corrected chi connectivity index (χ2v) is 3.11. The SMILES string of the molecule is COC(=O)Oc1ccc(C(F)(F)F)cc1Cl. The van der Waals surface area contributed by atoms with Gasteiger partial charge in [0.25, 0.3) is 0 Å². The van der Waals surface area contributed by atoms with E-state index in [1.54, 1.807) is 0 Å². The predicted molar refractivity (Wildman–Crippen MR) is 49.5 cm³/mol. The van der Waals surface area contributed by atoms with Crippen LogP contribution in [-0.2, 0) is 10.9 Å². The molecule has 0 atom stereocenters. The van der Waals surface area contributed by atoms with Gasteiger partial charge in [-0.2, -0.15) is 13.2 Å². The number of hydrogen-bond acceptors (Lipinski definition) is 3. The van der Waals surface area contributed by atoms with Crippen LogP contribution in [0.2, 0.25) is 5.02 Å². The third-order valence-electron chi connectivity index (χ3n) is 1.62. The largest absolute Gasteiger partial charge is 0.513 e. The van der Waals surface area contributed by atoms with Crippen LogP contribution >= 0.6 is 11.6 Å². The maximum Gasteiger partial charge on any atom is 0.513 e. The molecule has 0 aliphatic heterocycles. The Kier molecular flexibility index (Phi) is 3.64. The Labute approximate surface area is 93.7 Å². The van der Waals surface area contributed by atoms with Gasteiger partial charge in [0, 0.05) is 0 Å². The minimum absolute atomic E-state index is 0.193. The Bertz CT molecular complexity index is 403. The third-order valence-corrected chi connectivity index (χ3v) is 1.91. The van der Waals surface area contributed by atoms with Gasteiger partial charge in [0.2, 0.25) is 0 Å². The zero-order valence-electron chi connectivity index (χ0n) is 7.97. The summed E-state index contributed by atoms with van der Waals surface area (Å²) in [5.41, 5.74) is -0.922. The van der Waals surface area contributed by atoms with Crippen LogP contribution in [0.15, 0.2) is 18.2 Å². The normalized spacial score (nSPS) is 11.1. The highest BCUT2D eigenvalue weighted by molar-refractivity contribution is 6.32. The second-order valence-electron chi connectivity index (χ2n) is 2.70. The Balaban J connectivity index is 2.96.